The molecule has 3 aliphatic rings. The summed E-state index contributed by atoms with van der Waals surface area (Å²) in [5, 5.41) is 9.74. The van der Waals surface area contributed by atoms with E-state index in [9.17, 15) is 19.5 Å². The van der Waals surface area contributed by atoms with Crippen molar-refractivity contribution in [1.29, 1.82) is 0 Å². The maximum Gasteiger partial charge on any atom is 0.312 e. The topological polar surface area (TPSA) is 96.4 Å². The van der Waals surface area contributed by atoms with Crippen LogP contribution in [0.15, 0.2) is 49.6 Å². The van der Waals surface area contributed by atoms with Crippen LogP contribution >= 0.6 is 11.6 Å². The third kappa shape index (κ3) is 5.90. The summed E-state index contributed by atoms with van der Waals surface area (Å²) < 4.78 is 12.6. The Kier molecular flexibility index (Phi) is 10.5. The van der Waals surface area contributed by atoms with Gasteiger partial charge in [0.05, 0.1) is 18.1 Å². The monoisotopic (exact) mass is 600 g/mol. The Labute approximate surface area is 254 Å². The van der Waals surface area contributed by atoms with Crippen molar-refractivity contribution in [2.45, 2.75) is 82.5 Å². The number of rotatable bonds is 16. The number of esters is 1. The fraction of sp³-hybridized carbons (Fsp3) is 0.606. The molecule has 2 amide bonds. The first-order valence-electron chi connectivity index (χ1n) is 15.2. The van der Waals surface area contributed by atoms with E-state index in [1.165, 1.54) is 0 Å². The van der Waals surface area contributed by atoms with E-state index < -0.39 is 35.0 Å². The number of likely N-dealkylation sites (tertiary alicyclic amines) is 1. The molecule has 3 unspecified atom stereocenters. The zero-order valence-electron chi connectivity index (χ0n) is 24.9. The van der Waals surface area contributed by atoms with E-state index in [4.69, 9.17) is 21.1 Å². The first kappa shape index (κ1) is 32.2. The lowest BCUT2D eigenvalue weighted by atomic mass is 9.62. The molecule has 2 bridgehead atoms. The zero-order chi connectivity index (χ0) is 30.5. The van der Waals surface area contributed by atoms with Crippen molar-refractivity contribution in [3.8, 4) is 0 Å². The molecule has 0 saturated carbocycles. The molecule has 3 aliphatic heterocycles. The van der Waals surface area contributed by atoms with Crippen molar-refractivity contribution in [2.75, 3.05) is 31.2 Å². The second-order valence-corrected chi connectivity index (χ2v) is 12.5. The molecule has 3 saturated heterocycles. The maximum absolute atomic E-state index is 14.6. The lowest BCUT2D eigenvalue weighted by Gasteiger charge is -2.37. The molecule has 8 nitrogen and oxygen atoms in total. The molecule has 1 aromatic rings. The summed E-state index contributed by atoms with van der Waals surface area (Å²) in [4.78, 5) is 45.9. The van der Waals surface area contributed by atoms with Crippen molar-refractivity contribution in [2.24, 2.45) is 17.8 Å². The summed E-state index contributed by atoms with van der Waals surface area (Å²) in [6.45, 7) is 12.5. The number of aliphatic hydroxyl groups is 1. The quantitative estimate of drug-likeness (QED) is 0.157. The molecule has 230 valence electrons. The van der Waals surface area contributed by atoms with Crippen molar-refractivity contribution in [3.05, 3.63) is 54.6 Å². The number of aliphatic hydroxyl groups excluding tert-OH is 1. The molecule has 3 heterocycles. The van der Waals surface area contributed by atoms with Gasteiger partial charge in [0.2, 0.25) is 5.91 Å². The van der Waals surface area contributed by atoms with Crippen LogP contribution in [0.1, 0.15) is 65.2 Å². The van der Waals surface area contributed by atoms with Crippen LogP contribution in [0.4, 0.5) is 5.69 Å². The van der Waals surface area contributed by atoms with Gasteiger partial charge < -0.3 is 24.4 Å². The Bertz CT molecular complexity index is 1160. The Balaban J connectivity index is 1.69. The van der Waals surface area contributed by atoms with Gasteiger partial charge in [0.15, 0.2) is 0 Å². The first-order valence-corrected chi connectivity index (χ1v) is 15.6. The Morgan fingerprint density at radius 1 is 1.14 bits per heavy atom. The van der Waals surface area contributed by atoms with Gasteiger partial charge in [0.1, 0.15) is 17.6 Å². The second-order valence-electron chi connectivity index (χ2n) is 12.0. The van der Waals surface area contributed by atoms with Gasteiger partial charge in [0.25, 0.3) is 5.91 Å². The molecule has 9 heteroatoms. The van der Waals surface area contributed by atoms with Crippen molar-refractivity contribution in [3.63, 3.8) is 0 Å². The van der Waals surface area contributed by atoms with E-state index in [1.807, 2.05) is 19.9 Å². The zero-order valence-corrected chi connectivity index (χ0v) is 25.7. The standard InChI is InChI=1S/C33H45ClN2O6/c1-5-7-8-13-21-41-31(40)27-26-29(38)36(19-11-9-10-12-20-37)28(33(26)22-23(3)32(27,4)42-33)30(39)35(18-6-2)25-16-14-24(34)15-17-25/h5-6,14-17,23,26-28,37H,1-2,7-13,18-22H2,3-4H3/t23?,26-,27+,28?,32-,33?/m0/s1. The van der Waals surface area contributed by atoms with E-state index in [0.717, 1.165) is 25.7 Å². The van der Waals surface area contributed by atoms with Gasteiger partial charge in [-0.2, -0.15) is 0 Å². The van der Waals surface area contributed by atoms with Crippen molar-refractivity contribution < 1.29 is 29.0 Å². The summed E-state index contributed by atoms with van der Waals surface area (Å²) in [6, 6.07) is 6.10. The summed E-state index contributed by atoms with van der Waals surface area (Å²) in [6.07, 6.45) is 9.39. The van der Waals surface area contributed by atoms with E-state index in [0.29, 0.717) is 42.9 Å². The number of benzene rings is 1. The average molecular weight is 601 g/mol. The number of nitrogens with zero attached hydrogens (tertiary/aromatic N) is 2. The lowest BCUT2D eigenvalue weighted by molar-refractivity contribution is -0.161. The number of halogens is 1. The van der Waals surface area contributed by atoms with Gasteiger partial charge in [0, 0.05) is 30.4 Å². The smallest absolute Gasteiger partial charge is 0.312 e. The maximum atomic E-state index is 14.6. The molecule has 1 N–H and O–H groups in total. The van der Waals surface area contributed by atoms with Gasteiger partial charge >= 0.3 is 5.97 Å². The van der Waals surface area contributed by atoms with Crippen LogP contribution in [0.5, 0.6) is 0 Å². The third-order valence-corrected chi connectivity index (χ3v) is 9.62. The predicted octanol–water partition coefficient (Wildman–Crippen LogP) is 5.32. The van der Waals surface area contributed by atoms with Crippen molar-refractivity contribution in [1.82, 2.24) is 4.90 Å². The molecule has 0 aliphatic carbocycles. The number of allylic oxidation sites excluding steroid dienone is 1. The van der Waals surface area contributed by atoms with E-state index >= 15 is 0 Å². The molecule has 4 rings (SSSR count). The number of ether oxygens (including phenoxy) is 2. The van der Waals surface area contributed by atoms with E-state index in [2.05, 4.69) is 13.2 Å². The van der Waals surface area contributed by atoms with Crippen LogP contribution in [0.3, 0.4) is 0 Å². The summed E-state index contributed by atoms with van der Waals surface area (Å²) in [5.41, 5.74) is -1.43. The van der Waals surface area contributed by atoms with Crippen molar-refractivity contribution >= 4 is 35.1 Å². The van der Waals surface area contributed by atoms with Crippen LogP contribution in [0.25, 0.3) is 0 Å². The molecule has 1 spiro atoms. The van der Waals surface area contributed by atoms with Gasteiger partial charge in [-0.05, 0) is 75.6 Å². The predicted molar refractivity (Wildman–Crippen MR) is 163 cm³/mol. The summed E-state index contributed by atoms with van der Waals surface area (Å²) in [5.74, 6) is -2.59. The van der Waals surface area contributed by atoms with E-state index in [-0.39, 0.29) is 37.5 Å². The Morgan fingerprint density at radius 3 is 2.52 bits per heavy atom. The van der Waals surface area contributed by atoms with Gasteiger partial charge in [-0.25, -0.2) is 0 Å². The number of anilines is 1. The molecule has 6 atom stereocenters. The van der Waals surface area contributed by atoms with Gasteiger partial charge in [-0.3, -0.25) is 14.4 Å². The number of hydrogen-bond donors (Lipinski definition) is 1. The van der Waals surface area contributed by atoms with Gasteiger partial charge in [-0.15, -0.1) is 13.2 Å². The largest absolute Gasteiger partial charge is 0.465 e. The molecule has 1 aromatic carbocycles. The van der Waals surface area contributed by atoms with Crippen LogP contribution in [0.2, 0.25) is 5.02 Å². The van der Waals surface area contributed by atoms with Gasteiger partial charge in [-0.1, -0.05) is 43.5 Å². The number of fused-ring (bicyclic) bond motifs is 1. The minimum absolute atomic E-state index is 0.0666. The highest BCUT2D eigenvalue weighted by molar-refractivity contribution is 6.30. The summed E-state index contributed by atoms with van der Waals surface area (Å²) >= 11 is 6.14. The molecular weight excluding hydrogens is 556 g/mol. The molecule has 42 heavy (non-hydrogen) atoms. The first-order chi connectivity index (χ1) is 20.2. The average Bonchev–Trinajstić information content (AvgIpc) is 3.48. The van der Waals surface area contributed by atoms with Crippen LogP contribution in [-0.4, -0.2) is 71.3 Å². The Morgan fingerprint density at radius 2 is 1.86 bits per heavy atom. The number of hydrogen-bond acceptors (Lipinski definition) is 6. The highest BCUT2D eigenvalue weighted by atomic mass is 35.5. The minimum Gasteiger partial charge on any atom is -0.465 e. The third-order valence-electron chi connectivity index (χ3n) is 9.37. The minimum atomic E-state index is -1.15. The fourth-order valence-corrected chi connectivity index (χ4v) is 7.36. The fourth-order valence-electron chi connectivity index (χ4n) is 7.24. The second kappa shape index (κ2) is 13.7. The lowest BCUT2D eigenvalue weighted by Crippen LogP contribution is -2.57. The molecule has 0 radical (unpaired) electrons. The molecule has 0 aromatic heterocycles. The highest BCUT2D eigenvalue weighted by Crippen LogP contribution is 2.65. The number of carbonyl (C=O) groups is 3. The Hall–Kier alpha value is -2.68. The highest BCUT2D eigenvalue weighted by Gasteiger charge is 2.80. The van der Waals surface area contributed by atoms with E-state index in [1.54, 1.807) is 40.1 Å². The number of unbranched alkanes of at least 4 members (excludes halogenated alkanes) is 5. The normalized spacial score (nSPS) is 29.4. The van der Waals surface area contributed by atoms with Crippen LogP contribution in [0, 0.1) is 17.8 Å². The number of carbonyl (C=O) groups excluding carboxylic acids is 3. The van der Waals surface area contributed by atoms with Crippen LogP contribution in [-0.2, 0) is 23.9 Å². The molecule has 3 fully saturated rings. The molecular formula is C33H45ClN2O6. The summed E-state index contributed by atoms with van der Waals surface area (Å²) in [7, 11) is 0. The van der Waals surface area contributed by atoms with Crippen LogP contribution < -0.4 is 4.90 Å². The SMILES string of the molecule is C=CCCCCOC(=O)[C@H]1[C@H]2C(=O)N(CCCCCCO)C(C(=O)N(CC=C)c3ccc(Cl)cc3)C23CC(C)[C@]1(C)O3. The number of amides is 2.